The summed E-state index contributed by atoms with van der Waals surface area (Å²) in [6, 6.07) is 0. The van der Waals surface area contributed by atoms with E-state index < -0.39 is 46.3 Å². The van der Waals surface area contributed by atoms with E-state index in [0.717, 1.165) is 18.4 Å². The van der Waals surface area contributed by atoms with E-state index in [9.17, 15) is 25.5 Å². The van der Waals surface area contributed by atoms with Crippen LogP contribution in [-0.4, -0.2) is 62.8 Å². The Labute approximate surface area is 153 Å². The molecule has 6 nitrogen and oxygen atoms in total. The predicted octanol–water partition coefficient (Wildman–Crippen LogP) is 0.169. The Morgan fingerprint density at radius 1 is 1.19 bits per heavy atom. The average Bonchev–Trinajstić information content (AvgIpc) is 2.82. The van der Waals surface area contributed by atoms with Crippen molar-refractivity contribution in [2.75, 3.05) is 13.2 Å². The molecule has 10 unspecified atom stereocenters. The minimum absolute atomic E-state index is 0.0222. The van der Waals surface area contributed by atoms with E-state index in [0.29, 0.717) is 25.9 Å². The van der Waals surface area contributed by atoms with Crippen molar-refractivity contribution in [2.24, 2.45) is 34.0 Å². The SMILES string of the molecule is C=C1C2CCC3C45CCC(O)C(C)(CO)C4C(O)C(O)(OC5)C3(C2)C1O. The van der Waals surface area contributed by atoms with Gasteiger partial charge in [0.15, 0.2) is 0 Å². The highest BCUT2D eigenvalue weighted by molar-refractivity contribution is 5.34. The Morgan fingerprint density at radius 2 is 1.92 bits per heavy atom. The van der Waals surface area contributed by atoms with Gasteiger partial charge in [0.25, 0.3) is 0 Å². The molecule has 0 amide bonds. The average molecular weight is 366 g/mol. The van der Waals surface area contributed by atoms with E-state index in [4.69, 9.17) is 4.74 Å². The Kier molecular flexibility index (Phi) is 3.32. The van der Waals surface area contributed by atoms with Gasteiger partial charge in [0.2, 0.25) is 5.79 Å². The smallest absolute Gasteiger partial charge is 0.201 e. The molecule has 146 valence electrons. The molecule has 0 aromatic heterocycles. The lowest BCUT2D eigenvalue weighted by molar-refractivity contribution is -0.461. The number of hydrogen-bond acceptors (Lipinski definition) is 6. The number of hydrogen-bond donors (Lipinski definition) is 5. The Morgan fingerprint density at radius 3 is 2.62 bits per heavy atom. The monoisotopic (exact) mass is 366 g/mol. The van der Waals surface area contributed by atoms with Gasteiger partial charge in [0.05, 0.1) is 30.8 Å². The van der Waals surface area contributed by atoms with Crippen LogP contribution in [0.2, 0.25) is 0 Å². The molecule has 2 aliphatic heterocycles. The van der Waals surface area contributed by atoms with Crippen molar-refractivity contribution < 1.29 is 30.3 Å². The number of aliphatic hydroxyl groups excluding tert-OH is 4. The van der Waals surface area contributed by atoms with Gasteiger partial charge in [-0.3, -0.25) is 0 Å². The molecular weight excluding hydrogens is 336 g/mol. The molecule has 6 rings (SSSR count). The topological polar surface area (TPSA) is 110 Å². The van der Waals surface area contributed by atoms with Crippen molar-refractivity contribution in [3.63, 3.8) is 0 Å². The molecule has 5 N–H and O–H groups in total. The van der Waals surface area contributed by atoms with Crippen LogP contribution >= 0.6 is 0 Å². The highest BCUT2D eigenvalue weighted by Gasteiger charge is 2.83. The number of rotatable bonds is 1. The lowest BCUT2D eigenvalue weighted by atomic mass is 9.36. The standard InChI is InChI=1S/C20H30O6/c1-10-11-3-4-12-18-6-5-13(22)17(2,8-21)14(18)16(24)20(25,26-9-18)19(12,7-11)15(10)23/h11-16,21-25H,1,3-9H2,2H3. The van der Waals surface area contributed by atoms with E-state index in [2.05, 4.69) is 6.58 Å². The van der Waals surface area contributed by atoms with Gasteiger partial charge in [0, 0.05) is 16.7 Å². The summed E-state index contributed by atoms with van der Waals surface area (Å²) >= 11 is 0. The first-order chi connectivity index (χ1) is 12.2. The maximum absolute atomic E-state index is 11.7. The molecule has 10 atom stereocenters. The summed E-state index contributed by atoms with van der Waals surface area (Å²) in [7, 11) is 0. The van der Waals surface area contributed by atoms with Crippen molar-refractivity contribution in [2.45, 2.75) is 63.1 Å². The Bertz CT molecular complexity index is 663. The first-order valence-corrected chi connectivity index (χ1v) is 9.89. The van der Waals surface area contributed by atoms with E-state index in [-0.39, 0.29) is 18.4 Å². The minimum Gasteiger partial charge on any atom is -0.396 e. The zero-order valence-electron chi connectivity index (χ0n) is 15.3. The molecule has 4 saturated carbocycles. The third kappa shape index (κ3) is 1.52. The second-order valence-corrected chi connectivity index (χ2v) is 9.91. The van der Waals surface area contributed by atoms with Gasteiger partial charge in [0.1, 0.15) is 6.10 Å². The van der Waals surface area contributed by atoms with Crippen LogP contribution in [0.15, 0.2) is 12.2 Å². The van der Waals surface area contributed by atoms with Gasteiger partial charge >= 0.3 is 0 Å². The summed E-state index contributed by atoms with van der Waals surface area (Å²) in [4.78, 5) is 0. The summed E-state index contributed by atoms with van der Waals surface area (Å²) in [6.07, 6.45) is 0.625. The van der Waals surface area contributed by atoms with Crippen molar-refractivity contribution in [3.8, 4) is 0 Å². The fourth-order valence-electron chi connectivity index (χ4n) is 8.09. The maximum atomic E-state index is 11.7. The maximum Gasteiger partial charge on any atom is 0.201 e. The Balaban J connectivity index is 1.73. The molecule has 4 bridgehead atoms. The number of fused-ring (bicyclic) bond motifs is 2. The molecule has 6 heteroatoms. The summed E-state index contributed by atoms with van der Waals surface area (Å²) in [5.74, 6) is -2.23. The van der Waals surface area contributed by atoms with Gasteiger partial charge in [-0.2, -0.15) is 0 Å². The van der Waals surface area contributed by atoms with Crippen LogP contribution in [0.25, 0.3) is 0 Å². The molecule has 0 aromatic carbocycles. The van der Waals surface area contributed by atoms with Gasteiger partial charge in [-0.15, -0.1) is 0 Å². The summed E-state index contributed by atoms with van der Waals surface area (Å²) in [6.45, 7) is 5.92. The number of aliphatic hydroxyl groups is 5. The third-order valence-corrected chi connectivity index (χ3v) is 9.33. The molecule has 2 spiro atoms. The highest BCUT2D eigenvalue weighted by atomic mass is 16.6. The van der Waals surface area contributed by atoms with E-state index >= 15 is 0 Å². The lowest BCUT2D eigenvalue weighted by Gasteiger charge is -2.75. The van der Waals surface area contributed by atoms with Gasteiger partial charge in [-0.05, 0) is 49.5 Å². The lowest BCUT2D eigenvalue weighted by Crippen LogP contribution is -2.83. The Hall–Kier alpha value is -0.500. The van der Waals surface area contributed by atoms with E-state index in [1.54, 1.807) is 6.92 Å². The van der Waals surface area contributed by atoms with Crippen LogP contribution in [0.1, 0.15) is 39.0 Å². The molecule has 0 radical (unpaired) electrons. The predicted molar refractivity (Wildman–Crippen MR) is 91.7 cm³/mol. The molecule has 2 saturated heterocycles. The van der Waals surface area contributed by atoms with Crippen molar-refractivity contribution >= 4 is 0 Å². The zero-order valence-corrected chi connectivity index (χ0v) is 15.3. The van der Waals surface area contributed by atoms with Crippen molar-refractivity contribution in [3.05, 3.63) is 12.2 Å². The summed E-state index contributed by atoms with van der Waals surface area (Å²) < 4.78 is 5.96. The second-order valence-electron chi connectivity index (χ2n) is 9.91. The second kappa shape index (κ2) is 4.91. The molecule has 26 heavy (non-hydrogen) atoms. The van der Waals surface area contributed by atoms with Crippen LogP contribution in [0.4, 0.5) is 0 Å². The normalized spacial score (nSPS) is 63.5. The quantitative estimate of drug-likeness (QED) is 0.423. The molecule has 4 aliphatic carbocycles. The van der Waals surface area contributed by atoms with Crippen molar-refractivity contribution in [1.29, 1.82) is 0 Å². The van der Waals surface area contributed by atoms with E-state index in [1.807, 2.05) is 0 Å². The van der Waals surface area contributed by atoms with Gasteiger partial charge in [-0.25, -0.2) is 0 Å². The number of ether oxygens (including phenoxy) is 1. The molecule has 2 heterocycles. The minimum atomic E-state index is -1.88. The van der Waals surface area contributed by atoms with Crippen LogP contribution in [-0.2, 0) is 4.74 Å². The first-order valence-electron chi connectivity index (χ1n) is 9.89. The molecule has 0 aromatic rings. The zero-order chi connectivity index (χ0) is 18.7. The van der Waals surface area contributed by atoms with E-state index in [1.165, 1.54) is 0 Å². The molecular formula is C20H30O6. The summed E-state index contributed by atoms with van der Waals surface area (Å²) in [5.41, 5.74) is -1.57. The molecule has 6 fully saturated rings. The largest absolute Gasteiger partial charge is 0.396 e. The third-order valence-electron chi connectivity index (χ3n) is 9.33. The van der Waals surface area contributed by atoms with Crippen LogP contribution in [0.5, 0.6) is 0 Å². The van der Waals surface area contributed by atoms with Crippen LogP contribution < -0.4 is 0 Å². The fourth-order valence-corrected chi connectivity index (χ4v) is 8.09. The van der Waals surface area contributed by atoms with Crippen LogP contribution in [0, 0.1) is 34.0 Å². The fraction of sp³-hybridized carbons (Fsp3) is 0.900. The summed E-state index contributed by atoms with van der Waals surface area (Å²) in [5, 5.41) is 55.0. The van der Waals surface area contributed by atoms with Gasteiger partial charge in [-0.1, -0.05) is 13.5 Å². The molecule has 6 aliphatic rings. The van der Waals surface area contributed by atoms with Crippen LogP contribution in [0.3, 0.4) is 0 Å². The van der Waals surface area contributed by atoms with Gasteiger partial charge < -0.3 is 30.3 Å². The first kappa shape index (κ1) is 17.6. The van der Waals surface area contributed by atoms with Crippen molar-refractivity contribution in [1.82, 2.24) is 0 Å². The highest BCUT2D eigenvalue weighted by Crippen LogP contribution is 2.77.